The minimum Gasteiger partial charge on any atom is -0.507 e. The molecule has 1 aromatic heterocycles. The zero-order chi connectivity index (χ0) is 21.8. The summed E-state index contributed by atoms with van der Waals surface area (Å²) in [6.07, 6.45) is 8.77. The molecule has 2 N–H and O–H groups in total. The van der Waals surface area contributed by atoms with E-state index in [1.54, 1.807) is 12.3 Å². The number of benzene rings is 2. The third kappa shape index (κ3) is 4.44. The number of phenols is 1. The molecule has 2 saturated heterocycles. The van der Waals surface area contributed by atoms with E-state index < -0.39 is 0 Å². The first-order valence-electron chi connectivity index (χ1n) is 11.5. The maximum absolute atomic E-state index is 10.4. The molecular formula is C24H29N7O. The summed E-state index contributed by atoms with van der Waals surface area (Å²) in [5.74, 6) is 2.04. The van der Waals surface area contributed by atoms with Crippen molar-refractivity contribution in [2.45, 2.75) is 38.5 Å². The van der Waals surface area contributed by atoms with Crippen LogP contribution in [0, 0.1) is 0 Å². The third-order valence-electron chi connectivity index (χ3n) is 6.20. The Labute approximate surface area is 188 Å². The molecule has 0 unspecified atom stereocenters. The van der Waals surface area contributed by atoms with Crippen molar-refractivity contribution in [2.24, 2.45) is 5.10 Å². The molecule has 0 atom stereocenters. The van der Waals surface area contributed by atoms with Crippen LogP contribution >= 0.6 is 0 Å². The molecule has 5 rings (SSSR count). The highest BCUT2D eigenvalue weighted by Gasteiger charge is 2.20. The van der Waals surface area contributed by atoms with E-state index >= 15 is 0 Å². The Hall–Kier alpha value is -3.42. The van der Waals surface area contributed by atoms with Crippen molar-refractivity contribution >= 4 is 34.8 Å². The summed E-state index contributed by atoms with van der Waals surface area (Å²) < 4.78 is 0. The molecule has 3 heterocycles. The minimum atomic E-state index is 0.188. The molecule has 166 valence electrons. The Morgan fingerprint density at radius 3 is 2.06 bits per heavy atom. The van der Waals surface area contributed by atoms with E-state index in [9.17, 15) is 5.11 Å². The van der Waals surface area contributed by atoms with Gasteiger partial charge in [-0.25, -0.2) is 5.43 Å². The minimum absolute atomic E-state index is 0.188. The average molecular weight is 432 g/mol. The molecule has 0 radical (unpaired) electrons. The first kappa shape index (κ1) is 20.5. The number of piperidine rings is 2. The second-order valence-corrected chi connectivity index (χ2v) is 8.44. The number of nitrogens with zero attached hydrogens (tertiary/aromatic N) is 6. The fourth-order valence-electron chi connectivity index (χ4n) is 4.45. The van der Waals surface area contributed by atoms with E-state index in [4.69, 9.17) is 4.98 Å². The lowest BCUT2D eigenvalue weighted by atomic mass is 10.0. The van der Waals surface area contributed by atoms with Gasteiger partial charge in [0.25, 0.3) is 0 Å². The van der Waals surface area contributed by atoms with Crippen LogP contribution in [0.2, 0.25) is 0 Å². The molecule has 8 heteroatoms. The zero-order valence-corrected chi connectivity index (χ0v) is 18.2. The zero-order valence-electron chi connectivity index (χ0n) is 18.2. The highest BCUT2D eigenvalue weighted by molar-refractivity contribution is 6.02. The van der Waals surface area contributed by atoms with E-state index in [1.807, 2.05) is 30.3 Å². The quantitative estimate of drug-likeness (QED) is 0.463. The highest BCUT2D eigenvalue weighted by Crippen LogP contribution is 2.26. The molecule has 0 saturated carbocycles. The molecular weight excluding hydrogens is 402 g/mol. The molecule has 32 heavy (non-hydrogen) atoms. The van der Waals surface area contributed by atoms with Crippen molar-refractivity contribution < 1.29 is 5.11 Å². The SMILES string of the molecule is Oc1ccc2ccccc2c1C=NNc1nc(N2CCCCC2)nc(N2CCCCC2)n1. The van der Waals surface area contributed by atoms with Crippen LogP contribution in [0.25, 0.3) is 10.8 Å². The average Bonchev–Trinajstić information content (AvgIpc) is 2.86. The predicted octanol–water partition coefficient (Wildman–Crippen LogP) is 4.16. The van der Waals surface area contributed by atoms with Gasteiger partial charge in [-0.05, 0) is 55.4 Å². The van der Waals surface area contributed by atoms with Gasteiger partial charge in [-0.3, -0.25) is 0 Å². The van der Waals surface area contributed by atoms with Gasteiger partial charge in [0.2, 0.25) is 17.8 Å². The molecule has 8 nitrogen and oxygen atoms in total. The lowest BCUT2D eigenvalue weighted by molar-refractivity contribution is 0.475. The molecule has 0 spiro atoms. The van der Waals surface area contributed by atoms with Crippen molar-refractivity contribution in [1.82, 2.24) is 15.0 Å². The Morgan fingerprint density at radius 1 is 0.781 bits per heavy atom. The molecule has 0 bridgehead atoms. The smallest absolute Gasteiger partial charge is 0.250 e. The lowest BCUT2D eigenvalue weighted by Gasteiger charge is -2.30. The predicted molar refractivity (Wildman–Crippen MR) is 129 cm³/mol. The van der Waals surface area contributed by atoms with Gasteiger partial charge < -0.3 is 14.9 Å². The van der Waals surface area contributed by atoms with E-state index in [-0.39, 0.29) is 5.75 Å². The summed E-state index contributed by atoms with van der Waals surface area (Å²) >= 11 is 0. The Kier molecular flexibility index (Phi) is 6.00. The highest BCUT2D eigenvalue weighted by atomic mass is 16.3. The number of fused-ring (bicyclic) bond motifs is 1. The van der Waals surface area contributed by atoms with Crippen molar-refractivity contribution in [3.8, 4) is 5.75 Å². The molecule has 2 aliphatic heterocycles. The summed E-state index contributed by atoms with van der Waals surface area (Å²) in [5.41, 5.74) is 3.65. The van der Waals surface area contributed by atoms with Crippen LogP contribution in [0.1, 0.15) is 44.1 Å². The number of phenolic OH excluding ortho intramolecular Hbond substituents is 1. The molecule has 2 aromatic carbocycles. The van der Waals surface area contributed by atoms with Crippen molar-refractivity contribution in [1.29, 1.82) is 0 Å². The van der Waals surface area contributed by atoms with Crippen LogP contribution in [0.5, 0.6) is 5.75 Å². The first-order valence-corrected chi connectivity index (χ1v) is 11.5. The second-order valence-electron chi connectivity index (χ2n) is 8.44. The number of hydrazone groups is 1. The van der Waals surface area contributed by atoms with Gasteiger partial charge >= 0.3 is 0 Å². The number of nitrogens with one attached hydrogen (secondary N) is 1. The first-order chi connectivity index (χ1) is 15.8. The third-order valence-corrected chi connectivity index (χ3v) is 6.20. The van der Waals surface area contributed by atoms with Crippen LogP contribution in [0.4, 0.5) is 17.8 Å². The largest absolute Gasteiger partial charge is 0.507 e. The van der Waals surface area contributed by atoms with Gasteiger partial charge in [0, 0.05) is 31.7 Å². The van der Waals surface area contributed by atoms with Crippen LogP contribution < -0.4 is 15.2 Å². The number of rotatable bonds is 5. The summed E-state index contributed by atoms with van der Waals surface area (Å²) in [5, 5.41) is 16.7. The molecule has 0 aliphatic carbocycles. The fourth-order valence-corrected chi connectivity index (χ4v) is 4.45. The van der Waals surface area contributed by atoms with E-state index in [0.29, 0.717) is 23.4 Å². The van der Waals surface area contributed by atoms with Crippen LogP contribution in [0.15, 0.2) is 41.5 Å². The topological polar surface area (TPSA) is 89.8 Å². The number of hydrogen-bond acceptors (Lipinski definition) is 8. The van der Waals surface area contributed by atoms with Gasteiger partial charge in [0.15, 0.2) is 0 Å². The van der Waals surface area contributed by atoms with Crippen molar-refractivity contribution in [2.75, 3.05) is 41.4 Å². The Balaban J connectivity index is 1.43. The molecule has 0 amide bonds. The standard InChI is InChI=1S/C24H29N7O/c32-21-12-11-18-9-3-4-10-19(18)20(21)17-25-29-22-26-23(30-13-5-1-6-14-30)28-24(27-22)31-15-7-2-8-16-31/h3-4,9-12,17,32H,1-2,5-8,13-16H2,(H,26,27,28,29). The van der Waals surface area contributed by atoms with Crippen molar-refractivity contribution in [3.63, 3.8) is 0 Å². The van der Waals surface area contributed by atoms with Crippen LogP contribution in [-0.4, -0.2) is 52.5 Å². The van der Waals surface area contributed by atoms with Crippen molar-refractivity contribution in [3.05, 3.63) is 42.0 Å². The maximum Gasteiger partial charge on any atom is 0.250 e. The summed E-state index contributed by atoms with van der Waals surface area (Å²) in [6.45, 7) is 3.87. The van der Waals surface area contributed by atoms with E-state index in [2.05, 4.69) is 30.3 Å². The number of hydrogen-bond donors (Lipinski definition) is 2. The summed E-state index contributed by atoms with van der Waals surface area (Å²) in [4.78, 5) is 18.6. The molecule has 2 aliphatic rings. The van der Waals surface area contributed by atoms with Crippen LogP contribution in [0.3, 0.4) is 0 Å². The second kappa shape index (κ2) is 9.38. The number of aromatic hydroxyl groups is 1. The van der Waals surface area contributed by atoms with Gasteiger partial charge in [-0.15, -0.1) is 0 Å². The Morgan fingerprint density at radius 2 is 1.41 bits per heavy atom. The van der Waals surface area contributed by atoms with E-state index in [1.165, 1.54) is 12.8 Å². The summed E-state index contributed by atoms with van der Waals surface area (Å²) in [6, 6.07) is 11.5. The number of anilines is 3. The monoisotopic (exact) mass is 431 g/mol. The van der Waals surface area contributed by atoms with Crippen LogP contribution in [-0.2, 0) is 0 Å². The lowest BCUT2D eigenvalue weighted by Crippen LogP contribution is -2.34. The van der Waals surface area contributed by atoms with Gasteiger partial charge in [-0.2, -0.15) is 20.1 Å². The molecule has 2 fully saturated rings. The maximum atomic E-state index is 10.4. The normalized spacial score (nSPS) is 17.2. The molecule has 3 aromatic rings. The van der Waals surface area contributed by atoms with Gasteiger partial charge in [0.05, 0.1) is 6.21 Å². The summed E-state index contributed by atoms with van der Waals surface area (Å²) in [7, 11) is 0. The van der Waals surface area contributed by atoms with Gasteiger partial charge in [0.1, 0.15) is 5.75 Å². The number of aromatic nitrogens is 3. The van der Waals surface area contributed by atoms with Gasteiger partial charge in [-0.1, -0.05) is 30.3 Å². The van der Waals surface area contributed by atoms with E-state index in [0.717, 1.165) is 62.6 Å². The Bertz CT molecular complexity index is 1070. The fraction of sp³-hybridized carbons (Fsp3) is 0.417.